The van der Waals surface area contributed by atoms with Crippen molar-refractivity contribution in [2.75, 3.05) is 42.9 Å². The van der Waals surface area contributed by atoms with Gasteiger partial charge >= 0.3 is 6.18 Å². The molecule has 0 radical (unpaired) electrons. The van der Waals surface area contributed by atoms with Crippen molar-refractivity contribution in [2.45, 2.75) is 25.7 Å². The molecule has 0 aliphatic carbocycles. The molecule has 38 heavy (non-hydrogen) atoms. The van der Waals surface area contributed by atoms with Crippen LogP contribution in [0.25, 0.3) is 0 Å². The van der Waals surface area contributed by atoms with Gasteiger partial charge < -0.3 is 20.0 Å². The molecule has 1 N–H and O–H groups in total. The number of nitrogens with one attached hydrogen (secondary N) is 1. The van der Waals surface area contributed by atoms with Crippen molar-refractivity contribution in [3.63, 3.8) is 0 Å². The molecule has 3 aromatic rings. The van der Waals surface area contributed by atoms with E-state index in [-0.39, 0.29) is 18.0 Å². The number of amides is 2. The van der Waals surface area contributed by atoms with Crippen molar-refractivity contribution in [3.05, 3.63) is 95.1 Å². The summed E-state index contributed by atoms with van der Waals surface area (Å²) in [5, 5.41) is 3.44. The Balaban J connectivity index is 1.22. The molecule has 2 amide bonds. The van der Waals surface area contributed by atoms with E-state index in [9.17, 15) is 22.8 Å². The zero-order chi connectivity index (χ0) is 26.9. The predicted octanol–water partition coefficient (Wildman–Crippen LogP) is 5.64. The number of hydrogen-bond acceptors (Lipinski definition) is 4. The van der Waals surface area contributed by atoms with Crippen LogP contribution in [0.15, 0.2) is 72.8 Å². The molecule has 0 aromatic heterocycles. The predicted molar refractivity (Wildman–Crippen MR) is 140 cm³/mol. The van der Waals surface area contributed by atoms with Crippen LogP contribution in [0.4, 0.5) is 24.5 Å². The summed E-state index contributed by atoms with van der Waals surface area (Å²) in [6.07, 6.45) is -3.82. The second-order valence-electron chi connectivity index (χ2n) is 9.54. The molecule has 1 atom stereocenters. The lowest BCUT2D eigenvalue weighted by Gasteiger charge is -2.36. The normalized spacial score (nSPS) is 17.5. The molecule has 2 aliphatic heterocycles. The van der Waals surface area contributed by atoms with Crippen LogP contribution in [0.2, 0.25) is 0 Å². The highest BCUT2D eigenvalue weighted by atomic mass is 19.4. The van der Waals surface area contributed by atoms with E-state index in [2.05, 4.69) is 5.32 Å². The number of carbonyl (C=O) groups is 2. The molecular weight excluding hydrogens is 493 g/mol. The first-order valence-corrected chi connectivity index (χ1v) is 12.7. The highest BCUT2D eigenvalue weighted by Gasteiger charge is 2.36. The lowest BCUT2D eigenvalue weighted by molar-refractivity contribution is -0.137. The number of fused-ring (bicyclic) bond motifs is 1. The number of piperazine rings is 1. The quantitative estimate of drug-likeness (QED) is 0.455. The Kier molecular flexibility index (Phi) is 7.01. The molecule has 1 saturated heterocycles. The Morgan fingerprint density at radius 3 is 2.34 bits per heavy atom. The highest BCUT2D eigenvalue weighted by Crippen LogP contribution is 2.35. The van der Waals surface area contributed by atoms with Crippen molar-refractivity contribution in [1.29, 1.82) is 0 Å². The third-order valence-corrected chi connectivity index (χ3v) is 7.06. The summed E-state index contributed by atoms with van der Waals surface area (Å²) in [7, 11) is 0. The molecule has 1 fully saturated rings. The van der Waals surface area contributed by atoms with Gasteiger partial charge in [0.2, 0.25) is 0 Å². The van der Waals surface area contributed by atoms with E-state index in [1.54, 1.807) is 23.1 Å². The Bertz CT molecular complexity index is 1320. The molecule has 0 saturated carbocycles. The van der Waals surface area contributed by atoms with Gasteiger partial charge in [-0.15, -0.1) is 0 Å². The molecule has 0 spiro atoms. The largest absolute Gasteiger partial charge is 0.416 e. The SMILES string of the molecule is CCCN1C(=O)c2ccccc2[C@@H]1Nc1ccc(C(=O)N2CCN(c3cccc(C(F)(F)F)c3)CC2)cc1. The van der Waals surface area contributed by atoms with Crippen LogP contribution in [-0.2, 0) is 6.18 Å². The monoisotopic (exact) mass is 522 g/mol. The zero-order valence-electron chi connectivity index (χ0n) is 21.0. The average molecular weight is 523 g/mol. The highest BCUT2D eigenvalue weighted by molar-refractivity contribution is 5.99. The van der Waals surface area contributed by atoms with Crippen molar-refractivity contribution >= 4 is 23.2 Å². The molecular formula is C29H29F3N4O2. The number of halogens is 3. The van der Waals surface area contributed by atoms with Gasteiger partial charge in [0, 0.05) is 60.8 Å². The van der Waals surface area contributed by atoms with E-state index in [0.29, 0.717) is 49.5 Å². The van der Waals surface area contributed by atoms with Crippen molar-refractivity contribution < 1.29 is 22.8 Å². The minimum Gasteiger partial charge on any atom is -0.368 e. The van der Waals surface area contributed by atoms with Crippen molar-refractivity contribution in [2.24, 2.45) is 0 Å². The first-order valence-electron chi connectivity index (χ1n) is 12.7. The van der Waals surface area contributed by atoms with Crippen LogP contribution in [0, 0.1) is 0 Å². The molecule has 198 valence electrons. The van der Waals surface area contributed by atoms with E-state index >= 15 is 0 Å². The number of alkyl halides is 3. The minimum atomic E-state index is -4.39. The molecule has 9 heteroatoms. The van der Waals surface area contributed by atoms with Crippen LogP contribution >= 0.6 is 0 Å². The number of benzene rings is 3. The van der Waals surface area contributed by atoms with Gasteiger partial charge in [-0.05, 0) is 55.0 Å². The van der Waals surface area contributed by atoms with Crippen LogP contribution in [0.3, 0.4) is 0 Å². The molecule has 0 unspecified atom stereocenters. The zero-order valence-corrected chi connectivity index (χ0v) is 21.0. The van der Waals surface area contributed by atoms with Gasteiger partial charge in [0.15, 0.2) is 0 Å². The third kappa shape index (κ3) is 5.05. The van der Waals surface area contributed by atoms with Gasteiger partial charge in [-0.1, -0.05) is 31.2 Å². The first kappa shape index (κ1) is 25.6. The molecule has 5 rings (SSSR count). The maximum atomic E-state index is 13.1. The van der Waals surface area contributed by atoms with Gasteiger partial charge in [0.25, 0.3) is 11.8 Å². The van der Waals surface area contributed by atoms with Gasteiger partial charge in [-0.3, -0.25) is 9.59 Å². The van der Waals surface area contributed by atoms with Gasteiger partial charge in [-0.25, -0.2) is 0 Å². The van der Waals surface area contributed by atoms with Crippen molar-refractivity contribution in [3.8, 4) is 0 Å². The standard InChI is InChI=1S/C29H29F3N4O2/c1-2-14-36-26(24-8-3-4-9-25(24)28(36)38)33-22-12-10-20(11-13-22)27(37)35-17-15-34(16-18-35)23-7-5-6-21(19-23)29(30,31)32/h3-13,19,26,33H,2,14-18H2,1H3/t26-/m1/s1. The Labute approximate surface area is 219 Å². The maximum absolute atomic E-state index is 13.1. The fourth-order valence-electron chi connectivity index (χ4n) is 5.09. The Morgan fingerprint density at radius 1 is 0.947 bits per heavy atom. The lowest BCUT2D eigenvalue weighted by Crippen LogP contribution is -2.48. The summed E-state index contributed by atoms with van der Waals surface area (Å²) in [5.41, 5.74) is 2.80. The summed E-state index contributed by atoms with van der Waals surface area (Å²) in [6.45, 7) is 4.41. The van der Waals surface area contributed by atoms with Crippen molar-refractivity contribution in [1.82, 2.24) is 9.80 Å². The fraction of sp³-hybridized carbons (Fsp3) is 0.310. The van der Waals surface area contributed by atoms with Crippen LogP contribution in [-0.4, -0.2) is 54.3 Å². The minimum absolute atomic E-state index is 0.0102. The molecule has 2 heterocycles. The number of carbonyl (C=O) groups excluding carboxylic acids is 2. The smallest absolute Gasteiger partial charge is 0.368 e. The van der Waals surface area contributed by atoms with Crippen LogP contribution < -0.4 is 10.2 Å². The number of anilines is 2. The fourth-order valence-corrected chi connectivity index (χ4v) is 5.09. The topological polar surface area (TPSA) is 55.9 Å². The van der Waals surface area contributed by atoms with E-state index in [0.717, 1.165) is 29.8 Å². The summed E-state index contributed by atoms with van der Waals surface area (Å²) < 4.78 is 39.2. The van der Waals surface area contributed by atoms with Crippen LogP contribution in [0.1, 0.15) is 51.4 Å². The number of rotatable bonds is 6. The number of hydrogen-bond donors (Lipinski definition) is 1. The van der Waals surface area contributed by atoms with E-state index in [4.69, 9.17) is 0 Å². The molecule has 3 aromatic carbocycles. The lowest BCUT2D eigenvalue weighted by atomic mass is 10.1. The van der Waals surface area contributed by atoms with E-state index in [1.807, 2.05) is 53.1 Å². The summed E-state index contributed by atoms with van der Waals surface area (Å²) in [4.78, 5) is 31.4. The summed E-state index contributed by atoms with van der Waals surface area (Å²) >= 11 is 0. The summed E-state index contributed by atoms with van der Waals surface area (Å²) in [6, 6.07) is 20.1. The number of nitrogens with zero attached hydrogens (tertiary/aromatic N) is 3. The molecule has 6 nitrogen and oxygen atoms in total. The molecule has 0 bridgehead atoms. The Morgan fingerprint density at radius 2 is 1.66 bits per heavy atom. The third-order valence-electron chi connectivity index (χ3n) is 7.06. The van der Waals surface area contributed by atoms with E-state index in [1.165, 1.54) is 6.07 Å². The van der Waals surface area contributed by atoms with Gasteiger partial charge in [0.1, 0.15) is 6.17 Å². The van der Waals surface area contributed by atoms with Gasteiger partial charge in [-0.2, -0.15) is 13.2 Å². The van der Waals surface area contributed by atoms with E-state index < -0.39 is 11.7 Å². The van der Waals surface area contributed by atoms with Gasteiger partial charge in [0.05, 0.1) is 5.56 Å². The maximum Gasteiger partial charge on any atom is 0.416 e. The molecule has 2 aliphatic rings. The first-order chi connectivity index (χ1) is 18.3. The second-order valence-corrected chi connectivity index (χ2v) is 9.54. The second kappa shape index (κ2) is 10.4. The Hall–Kier alpha value is -4.01. The average Bonchev–Trinajstić information content (AvgIpc) is 3.19. The van der Waals surface area contributed by atoms with Crippen LogP contribution in [0.5, 0.6) is 0 Å². The summed E-state index contributed by atoms with van der Waals surface area (Å²) in [5.74, 6) is -0.106.